The Morgan fingerprint density at radius 2 is 1.88 bits per heavy atom. The highest BCUT2D eigenvalue weighted by Crippen LogP contribution is 2.25. The first-order chi connectivity index (χ1) is 12.0. The second-order valence-corrected chi connectivity index (χ2v) is 6.19. The number of benzene rings is 2. The Balaban J connectivity index is 1.80. The summed E-state index contributed by atoms with van der Waals surface area (Å²) in [6.07, 6.45) is 0.0366. The minimum absolute atomic E-state index is 0.0366. The van der Waals surface area contributed by atoms with Crippen LogP contribution in [0.4, 0.5) is 5.69 Å². The molecule has 0 saturated carbocycles. The van der Waals surface area contributed by atoms with Gasteiger partial charge in [-0.2, -0.15) is 0 Å². The highest BCUT2D eigenvalue weighted by atomic mass is 35.5. The number of anilines is 1. The first-order valence-corrected chi connectivity index (χ1v) is 8.18. The average molecular weight is 378 g/mol. The fraction of sp³-hybridized carbons (Fsp3) is 0.118. The molecular weight excluding hydrogens is 365 g/mol. The summed E-state index contributed by atoms with van der Waals surface area (Å²) < 4.78 is 1.36. The summed E-state index contributed by atoms with van der Waals surface area (Å²) in [6, 6.07) is 11.5. The third-order valence-electron chi connectivity index (χ3n) is 3.67. The third kappa shape index (κ3) is 3.75. The van der Waals surface area contributed by atoms with E-state index in [1.54, 1.807) is 36.4 Å². The van der Waals surface area contributed by atoms with Crippen LogP contribution in [0.2, 0.25) is 10.0 Å². The minimum Gasteiger partial charge on any atom is -0.325 e. The highest BCUT2D eigenvalue weighted by molar-refractivity contribution is 6.36. The standard InChI is InChI=1S/C17H13Cl2N3O3/c18-10-5-6-13(12(19)9-10)20-15(23)7-8-22-14-4-2-1-3-11(14)16(24)21-17(22)25/h1-6,9H,7-8H2,(H,20,23)(H,21,24,25). The van der Waals surface area contributed by atoms with Crippen LogP contribution in [0, 0.1) is 0 Å². The van der Waals surface area contributed by atoms with Crippen LogP contribution in [0.25, 0.3) is 10.9 Å². The van der Waals surface area contributed by atoms with Gasteiger partial charge in [0.15, 0.2) is 0 Å². The maximum atomic E-state index is 12.1. The van der Waals surface area contributed by atoms with Crippen molar-refractivity contribution in [1.82, 2.24) is 9.55 Å². The second-order valence-electron chi connectivity index (χ2n) is 5.35. The Morgan fingerprint density at radius 1 is 1.12 bits per heavy atom. The van der Waals surface area contributed by atoms with E-state index in [0.717, 1.165) is 0 Å². The molecule has 8 heteroatoms. The molecular formula is C17H13Cl2N3O3. The van der Waals surface area contributed by atoms with Crippen LogP contribution in [-0.2, 0) is 11.3 Å². The largest absolute Gasteiger partial charge is 0.328 e. The Hall–Kier alpha value is -2.57. The zero-order chi connectivity index (χ0) is 18.0. The van der Waals surface area contributed by atoms with Gasteiger partial charge in [0.05, 0.1) is 21.6 Å². The molecule has 2 N–H and O–H groups in total. The number of carbonyl (C=O) groups is 1. The normalized spacial score (nSPS) is 10.8. The van der Waals surface area contributed by atoms with E-state index in [0.29, 0.717) is 26.6 Å². The molecule has 0 fully saturated rings. The van der Waals surface area contributed by atoms with Crippen molar-refractivity contribution in [2.24, 2.45) is 0 Å². The van der Waals surface area contributed by atoms with E-state index >= 15 is 0 Å². The quantitative estimate of drug-likeness (QED) is 0.732. The molecule has 25 heavy (non-hydrogen) atoms. The molecule has 1 aromatic heterocycles. The molecule has 0 aliphatic heterocycles. The molecule has 0 radical (unpaired) electrons. The smallest absolute Gasteiger partial charge is 0.325 e. The lowest BCUT2D eigenvalue weighted by molar-refractivity contribution is -0.116. The van der Waals surface area contributed by atoms with Gasteiger partial charge in [0.25, 0.3) is 5.56 Å². The van der Waals surface area contributed by atoms with Gasteiger partial charge < -0.3 is 5.32 Å². The number of aryl methyl sites for hydroxylation is 1. The lowest BCUT2D eigenvalue weighted by Crippen LogP contribution is -2.31. The van der Waals surface area contributed by atoms with Crippen molar-refractivity contribution in [3.8, 4) is 0 Å². The van der Waals surface area contributed by atoms with E-state index in [1.807, 2.05) is 0 Å². The molecule has 6 nitrogen and oxygen atoms in total. The first kappa shape index (κ1) is 17.3. The van der Waals surface area contributed by atoms with Crippen molar-refractivity contribution >= 4 is 45.7 Å². The summed E-state index contributed by atoms with van der Waals surface area (Å²) in [5.74, 6) is -0.314. The number of aromatic amines is 1. The van der Waals surface area contributed by atoms with E-state index in [9.17, 15) is 14.4 Å². The van der Waals surface area contributed by atoms with Crippen molar-refractivity contribution in [2.45, 2.75) is 13.0 Å². The lowest BCUT2D eigenvalue weighted by Gasteiger charge is -2.10. The molecule has 0 saturated heterocycles. The molecule has 0 spiro atoms. The predicted molar refractivity (Wildman–Crippen MR) is 98.5 cm³/mol. The molecule has 1 amide bonds. The van der Waals surface area contributed by atoms with Crippen LogP contribution in [0.1, 0.15) is 6.42 Å². The Kier molecular flexibility index (Phi) is 4.92. The lowest BCUT2D eigenvalue weighted by atomic mass is 10.2. The summed E-state index contributed by atoms with van der Waals surface area (Å²) >= 11 is 11.8. The van der Waals surface area contributed by atoms with Crippen molar-refractivity contribution in [2.75, 3.05) is 5.32 Å². The zero-order valence-corrected chi connectivity index (χ0v) is 14.4. The second kappa shape index (κ2) is 7.13. The van der Waals surface area contributed by atoms with Crippen LogP contribution >= 0.6 is 23.2 Å². The van der Waals surface area contributed by atoms with Gasteiger partial charge in [-0.25, -0.2) is 4.79 Å². The maximum Gasteiger partial charge on any atom is 0.328 e. The molecule has 2 aromatic carbocycles. The number of hydrogen-bond acceptors (Lipinski definition) is 3. The number of amides is 1. The molecule has 0 bridgehead atoms. The van der Waals surface area contributed by atoms with Crippen molar-refractivity contribution < 1.29 is 4.79 Å². The number of aromatic nitrogens is 2. The molecule has 0 unspecified atom stereocenters. The minimum atomic E-state index is -0.555. The predicted octanol–water partition coefficient (Wildman–Crippen LogP) is 3.03. The van der Waals surface area contributed by atoms with Crippen molar-refractivity contribution in [3.63, 3.8) is 0 Å². The third-order valence-corrected chi connectivity index (χ3v) is 4.22. The van der Waals surface area contributed by atoms with E-state index in [-0.39, 0.29) is 18.9 Å². The zero-order valence-electron chi connectivity index (χ0n) is 12.9. The summed E-state index contributed by atoms with van der Waals surface area (Å²) in [7, 11) is 0. The molecule has 1 heterocycles. The number of carbonyl (C=O) groups excluding carboxylic acids is 1. The molecule has 128 valence electrons. The highest BCUT2D eigenvalue weighted by Gasteiger charge is 2.10. The number of nitrogens with one attached hydrogen (secondary N) is 2. The molecule has 0 aliphatic carbocycles. The van der Waals surface area contributed by atoms with Gasteiger partial charge in [-0.15, -0.1) is 0 Å². The number of para-hydroxylation sites is 1. The topological polar surface area (TPSA) is 84.0 Å². The number of hydrogen-bond donors (Lipinski definition) is 2. The fourth-order valence-electron chi connectivity index (χ4n) is 2.48. The van der Waals surface area contributed by atoms with Crippen LogP contribution in [-0.4, -0.2) is 15.5 Å². The van der Waals surface area contributed by atoms with Gasteiger partial charge in [-0.3, -0.25) is 19.1 Å². The monoisotopic (exact) mass is 377 g/mol. The Bertz CT molecular complexity index is 1070. The van der Waals surface area contributed by atoms with Crippen LogP contribution in [0.3, 0.4) is 0 Å². The Labute approximate surface area is 152 Å². The Morgan fingerprint density at radius 3 is 2.64 bits per heavy atom. The van der Waals surface area contributed by atoms with Gasteiger partial charge >= 0.3 is 5.69 Å². The van der Waals surface area contributed by atoms with E-state index < -0.39 is 11.2 Å². The van der Waals surface area contributed by atoms with Crippen LogP contribution < -0.4 is 16.6 Å². The molecule has 3 aromatic rings. The van der Waals surface area contributed by atoms with Gasteiger partial charge in [-0.1, -0.05) is 35.3 Å². The number of rotatable bonds is 4. The van der Waals surface area contributed by atoms with E-state index in [4.69, 9.17) is 23.2 Å². The average Bonchev–Trinajstić information content (AvgIpc) is 2.57. The van der Waals surface area contributed by atoms with Crippen molar-refractivity contribution in [3.05, 3.63) is 73.3 Å². The molecule has 3 rings (SSSR count). The van der Waals surface area contributed by atoms with Gasteiger partial charge in [0, 0.05) is 18.0 Å². The van der Waals surface area contributed by atoms with Crippen LogP contribution in [0.15, 0.2) is 52.1 Å². The summed E-state index contributed by atoms with van der Waals surface area (Å²) in [4.78, 5) is 38.3. The van der Waals surface area contributed by atoms with E-state index in [1.165, 1.54) is 10.6 Å². The van der Waals surface area contributed by atoms with E-state index in [2.05, 4.69) is 10.3 Å². The SMILES string of the molecule is O=C(CCn1c(=O)[nH]c(=O)c2ccccc21)Nc1ccc(Cl)cc1Cl. The number of nitrogens with zero attached hydrogens (tertiary/aromatic N) is 1. The van der Waals surface area contributed by atoms with Crippen LogP contribution in [0.5, 0.6) is 0 Å². The molecule has 0 aliphatic rings. The maximum absolute atomic E-state index is 12.1. The summed E-state index contributed by atoms with van der Waals surface area (Å²) in [5.41, 5.74) is -0.0846. The summed E-state index contributed by atoms with van der Waals surface area (Å²) in [5, 5.41) is 3.85. The van der Waals surface area contributed by atoms with Gasteiger partial charge in [0.2, 0.25) is 5.91 Å². The first-order valence-electron chi connectivity index (χ1n) is 7.42. The fourth-order valence-corrected chi connectivity index (χ4v) is 2.94. The molecule has 0 atom stereocenters. The number of halogens is 2. The van der Waals surface area contributed by atoms with Gasteiger partial charge in [-0.05, 0) is 30.3 Å². The van der Waals surface area contributed by atoms with Gasteiger partial charge in [0.1, 0.15) is 0 Å². The summed E-state index contributed by atoms with van der Waals surface area (Å²) in [6.45, 7) is 0.118. The van der Waals surface area contributed by atoms with Crippen molar-refractivity contribution in [1.29, 1.82) is 0 Å². The number of H-pyrrole nitrogens is 1. The number of fused-ring (bicyclic) bond motifs is 1.